The van der Waals surface area contributed by atoms with Crippen LogP contribution in [0, 0.1) is 11.8 Å². The minimum atomic E-state index is -0.171. The minimum Gasteiger partial charge on any atom is -0.481 e. The summed E-state index contributed by atoms with van der Waals surface area (Å²) in [4.78, 5) is 12.4. The molecule has 2 aromatic carbocycles. The molecule has 0 saturated heterocycles. The predicted octanol–water partition coefficient (Wildman–Crippen LogP) is 4.30. The molecule has 3 rings (SSSR count). The second kappa shape index (κ2) is 8.22. The van der Waals surface area contributed by atoms with Gasteiger partial charge in [-0.05, 0) is 35.2 Å². The van der Waals surface area contributed by atoms with Crippen molar-refractivity contribution in [3.8, 4) is 23.3 Å². The summed E-state index contributed by atoms with van der Waals surface area (Å²) in [6.07, 6.45) is 0. The summed E-state index contributed by atoms with van der Waals surface area (Å²) in [7, 11) is 1.74. The smallest absolute Gasteiger partial charge is 0.293 e. The van der Waals surface area contributed by atoms with Gasteiger partial charge in [0.25, 0.3) is 5.56 Å². The monoisotopic (exact) mass is 375 g/mol. The summed E-state index contributed by atoms with van der Waals surface area (Å²) in [6, 6.07) is 17.5. The largest absolute Gasteiger partial charge is 0.481 e. The molecule has 0 aliphatic rings. The Balaban J connectivity index is 1.55. The van der Waals surface area contributed by atoms with Crippen LogP contribution in [0.3, 0.4) is 0 Å². The maximum Gasteiger partial charge on any atom is 0.293 e. The number of aryl methyl sites for hydroxylation is 1. The number of fused-ring (bicyclic) bond motifs is 1. The van der Waals surface area contributed by atoms with Gasteiger partial charge in [0.05, 0.1) is 5.52 Å². The van der Waals surface area contributed by atoms with Crippen LogP contribution in [0.4, 0.5) is 0 Å². The molecule has 0 aliphatic heterocycles. The molecule has 0 unspecified atom stereocenters. The second-order valence-electron chi connectivity index (χ2n) is 7.64. The van der Waals surface area contributed by atoms with Crippen LogP contribution in [0.25, 0.3) is 10.9 Å². The number of benzene rings is 2. The van der Waals surface area contributed by atoms with Crippen LogP contribution in [0.1, 0.15) is 26.3 Å². The van der Waals surface area contributed by atoms with Crippen LogP contribution < -0.4 is 15.0 Å². The number of pyridine rings is 1. The van der Waals surface area contributed by atoms with Crippen LogP contribution in [0.15, 0.2) is 59.4 Å². The van der Waals surface area contributed by atoms with Gasteiger partial charge in [0.1, 0.15) is 19.0 Å². The summed E-state index contributed by atoms with van der Waals surface area (Å²) < 4.78 is 12.8. The van der Waals surface area contributed by atoms with Crippen molar-refractivity contribution in [2.75, 3.05) is 13.2 Å². The Bertz CT molecular complexity index is 1080. The lowest BCUT2D eigenvalue weighted by Crippen LogP contribution is -2.19. The van der Waals surface area contributed by atoms with Crippen LogP contribution >= 0.6 is 0 Å². The van der Waals surface area contributed by atoms with Gasteiger partial charge in [0.2, 0.25) is 0 Å². The summed E-state index contributed by atoms with van der Waals surface area (Å²) in [5.74, 6) is 6.89. The van der Waals surface area contributed by atoms with Crippen molar-refractivity contribution in [2.24, 2.45) is 7.05 Å². The van der Waals surface area contributed by atoms with E-state index < -0.39 is 0 Å². The van der Waals surface area contributed by atoms with E-state index in [1.54, 1.807) is 17.7 Å². The average Bonchev–Trinajstić information content (AvgIpc) is 2.68. The van der Waals surface area contributed by atoms with Gasteiger partial charge < -0.3 is 14.0 Å². The van der Waals surface area contributed by atoms with E-state index in [4.69, 9.17) is 9.47 Å². The van der Waals surface area contributed by atoms with Crippen molar-refractivity contribution in [3.05, 3.63) is 70.5 Å². The molecule has 144 valence electrons. The van der Waals surface area contributed by atoms with Crippen molar-refractivity contribution >= 4 is 10.9 Å². The number of rotatable bonds is 4. The Labute approximate surface area is 165 Å². The van der Waals surface area contributed by atoms with E-state index in [-0.39, 0.29) is 24.2 Å². The Kier molecular flexibility index (Phi) is 5.75. The standard InChI is InChI=1S/C24H25NO3/c1-24(2,3)19-11-13-20(14-12-19)27-15-7-8-16-28-22-17-18-9-5-6-10-21(18)25(4)23(22)26/h5-6,9-14,17H,15-16H2,1-4H3. The van der Waals surface area contributed by atoms with E-state index in [2.05, 4.69) is 44.7 Å². The highest BCUT2D eigenvalue weighted by atomic mass is 16.5. The lowest BCUT2D eigenvalue weighted by atomic mass is 9.87. The SMILES string of the molecule is Cn1c(=O)c(OCC#CCOc2ccc(C(C)(C)C)cc2)cc2ccccc21. The van der Waals surface area contributed by atoms with Gasteiger partial charge in [-0.1, -0.05) is 62.9 Å². The molecule has 0 bridgehead atoms. The summed E-state index contributed by atoms with van der Waals surface area (Å²) in [5, 5.41) is 0.953. The molecule has 0 fully saturated rings. The first-order valence-electron chi connectivity index (χ1n) is 9.27. The molecule has 0 radical (unpaired) electrons. The van der Waals surface area contributed by atoms with E-state index in [1.807, 2.05) is 36.4 Å². The third kappa shape index (κ3) is 4.55. The fourth-order valence-corrected chi connectivity index (χ4v) is 2.88. The molecular weight excluding hydrogens is 350 g/mol. The van der Waals surface area contributed by atoms with Crippen molar-refractivity contribution in [1.82, 2.24) is 4.57 Å². The van der Waals surface area contributed by atoms with Crippen molar-refractivity contribution < 1.29 is 9.47 Å². The van der Waals surface area contributed by atoms with E-state index in [9.17, 15) is 4.79 Å². The topological polar surface area (TPSA) is 40.5 Å². The molecule has 28 heavy (non-hydrogen) atoms. The van der Waals surface area contributed by atoms with Crippen LogP contribution in [0.2, 0.25) is 0 Å². The lowest BCUT2D eigenvalue weighted by Gasteiger charge is -2.18. The van der Waals surface area contributed by atoms with Gasteiger partial charge >= 0.3 is 0 Å². The van der Waals surface area contributed by atoms with Crippen molar-refractivity contribution in [1.29, 1.82) is 0 Å². The first kappa shape index (κ1) is 19.6. The molecule has 1 heterocycles. The van der Waals surface area contributed by atoms with Gasteiger partial charge in [-0.25, -0.2) is 0 Å². The Morgan fingerprint density at radius 1 is 0.929 bits per heavy atom. The molecule has 4 heteroatoms. The zero-order valence-electron chi connectivity index (χ0n) is 16.8. The van der Waals surface area contributed by atoms with Gasteiger partial charge in [0, 0.05) is 12.4 Å². The number of aromatic nitrogens is 1. The first-order chi connectivity index (χ1) is 13.4. The fraction of sp³-hybridized carbons (Fsp3) is 0.292. The number of hydrogen-bond donors (Lipinski definition) is 0. The number of hydrogen-bond acceptors (Lipinski definition) is 3. The molecule has 1 aromatic heterocycles. The van der Waals surface area contributed by atoms with Crippen LogP contribution in [0.5, 0.6) is 11.5 Å². The van der Waals surface area contributed by atoms with Crippen molar-refractivity contribution in [2.45, 2.75) is 26.2 Å². The Hall–Kier alpha value is -3.19. The highest BCUT2D eigenvalue weighted by Crippen LogP contribution is 2.24. The van der Waals surface area contributed by atoms with Gasteiger partial charge in [-0.2, -0.15) is 0 Å². The predicted molar refractivity (Wildman–Crippen MR) is 113 cm³/mol. The zero-order chi connectivity index (χ0) is 20.1. The molecule has 0 aliphatic carbocycles. The highest BCUT2D eigenvalue weighted by molar-refractivity contribution is 5.80. The van der Waals surface area contributed by atoms with Crippen LogP contribution in [-0.2, 0) is 12.5 Å². The zero-order valence-corrected chi connectivity index (χ0v) is 16.8. The van der Waals surface area contributed by atoms with E-state index in [1.165, 1.54) is 5.56 Å². The third-order valence-electron chi connectivity index (χ3n) is 4.56. The fourth-order valence-electron chi connectivity index (χ4n) is 2.88. The van der Waals surface area contributed by atoms with Crippen LogP contribution in [-0.4, -0.2) is 17.8 Å². The second-order valence-corrected chi connectivity index (χ2v) is 7.64. The highest BCUT2D eigenvalue weighted by Gasteiger charge is 2.12. The summed E-state index contributed by atoms with van der Waals surface area (Å²) in [6.45, 7) is 6.94. The molecule has 4 nitrogen and oxygen atoms in total. The molecule has 0 amide bonds. The normalized spacial score (nSPS) is 11.0. The lowest BCUT2D eigenvalue weighted by molar-refractivity contribution is 0.358. The van der Waals surface area contributed by atoms with Gasteiger partial charge in [-0.15, -0.1) is 0 Å². The van der Waals surface area contributed by atoms with E-state index in [0.29, 0.717) is 5.75 Å². The number of ether oxygens (including phenoxy) is 2. The quantitative estimate of drug-likeness (QED) is 0.639. The Morgan fingerprint density at radius 3 is 2.25 bits per heavy atom. The van der Waals surface area contributed by atoms with E-state index in [0.717, 1.165) is 16.7 Å². The maximum absolute atomic E-state index is 12.4. The molecule has 3 aromatic rings. The minimum absolute atomic E-state index is 0.121. The molecule has 0 atom stereocenters. The third-order valence-corrected chi connectivity index (χ3v) is 4.56. The summed E-state index contributed by atoms with van der Waals surface area (Å²) >= 11 is 0. The number of para-hydroxylation sites is 1. The average molecular weight is 375 g/mol. The first-order valence-corrected chi connectivity index (χ1v) is 9.27. The molecule has 0 N–H and O–H groups in total. The molecular formula is C24H25NO3. The van der Waals surface area contributed by atoms with E-state index >= 15 is 0 Å². The molecule has 0 saturated carbocycles. The maximum atomic E-state index is 12.4. The van der Waals surface area contributed by atoms with Gasteiger partial charge in [0.15, 0.2) is 5.75 Å². The van der Waals surface area contributed by atoms with Crippen molar-refractivity contribution in [3.63, 3.8) is 0 Å². The molecule has 0 spiro atoms. The summed E-state index contributed by atoms with van der Waals surface area (Å²) in [5.41, 5.74) is 2.08. The van der Waals surface area contributed by atoms with Gasteiger partial charge in [-0.3, -0.25) is 4.79 Å². The number of nitrogens with zero attached hydrogens (tertiary/aromatic N) is 1. The Morgan fingerprint density at radius 2 is 1.57 bits per heavy atom.